The van der Waals surface area contributed by atoms with Gasteiger partial charge in [0, 0.05) is 10.4 Å². The lowest BCUT2D eigenvalue weighted by molar-refractivity contribution is 1.21. The normalized spacial score (nSPS) is 12.8. The van der Waals surface area contributed by atoms with E-state index in [1.165, 1.54) is 11.3 Å². The number of hydrogen-bond donors (Lipinski definition) is 2. The molecule has 0 amide bonds. The number of aryl methyl sites for hydroxylation is 2. The summed E-state index contributed by atoms with van der Waals surface area (Å²) < 4.78 is 0. The number of amidine groups is 1. The van der Waals surface area contributed by atoms with Gasteiger partial charge in [0.15, 0.2) is 0 Å². The second-order valence-corrected chi connectivity index (χ2v) is 5.67. The molecule has 0 aliphatic carbocycles. The van der Waals surface area contributed by atoms with Crippen LogP contribution >= 0.6 is 22.9 Å². The number of thiazole rings is 1. The van der Waals surface area contributed by atoms with E-state index < -0.39 is 0 Å². The Labute approximate surface area is 126 Å². The molecule has 5 nitrogen and oxygen atoms in total. The Morgan fingerprint density at radius 3 is 2.55 bits per heavy atom. The summed E-state index contributed by atoms with van der Waals surface area (Å²) in [7, 11) is 0. The maximum atomic E-state index is 6.04. The Kier molecular flexibility index (Phi) is 4.36. The summed E-state index contributed by atoms with van der Waals surface area (Å²) in [5.41, 5.74) is 13.2. The van der Waals surface area contributed by atoms with Crippen molar-refractivity contribution >= 4 is 39.9 Å². The van der Waals surface area contributed by atoms with Crippen LogP contribution in [0.2, 0.25) is 5.02 Å². The fourth-order valence-electron chi connectivity index (χ4n) is 1.48. The first-order valence-electron chi connectivity index (χ1n) is 5.84. The zero-order valence-electron chi connectivity index (χ0n) is 11.1. The summed E-state index contributed by atoms with van der Waals surface area (Å²) in [5.74, 6) is 0.276. The number of rotatable bonds is 2. The van der Waals surface area contributed by atoms with Crippen LogP contribution in [0, 0.1) is 13.8 Å². The Hall–Kier alpha value is -1.92. The summed E-state index contributed by atoms with van der Waals surface area (Å²) in [6.45, 7) is 3.89. The van der Waals surface area contributed by atoms with Crippen LogP contribution < -0.4 is 11.5 Å². The Balaban J connectivity index is 2.28. The van der Waals surface area contributed by atoms with E-state index in [-0.39, 0.29) is 11.8 Å². The minimum Gasteiger partial charge on any atom is -0.383 e. The second-order valence-electron chi connectivity index (χ2n) is 4.08. The number of nitrogens with two attached hydrogens (primary N) is 2. The molecule has 0 fully saturated rings. The lowest BCUT2D eigenvalue weighted by Crippen LogP contribution is -2.19. The van der Waals surface area contributed by atoms with E-state index in [0.29, 0.717) is 15.7 Å². The van der Waals surface area contributed by atoms with E-state index >= 15 is 0 Å². The van der Waals surface area contributed by atoms with Gasteiger partial charge in [0.05, 0.1) is 10.7 Å². The number of aliphatic imine (C=N–C) groups is 2. The SMILES string of the molecule is Cc1nc(N=C(N)N=C(N)c2ccccc2Cl)sc1C. The number of aromatic nitrogens is 1. The highest BCUT2D eigenvalue weighted by atomic mass is 35.5. The van der Waals surface area contributed by atoms with Crippen LogP contribution in [0.25, 0.3) is 0 Å². The first-order valence-corrected chi connectivity index (χ1v) is 7.04. The summed E-state index contributed by atoms with van der Waals surface area (Å²) in [4.78, 5) is 13.5. The van der Waals surface area contributed by atoms with Crippen molar-refractivity contribution in [3.63, 3.8) is 0 Å². The molecule has 0 unspecified atom stereocenters. The monoisotopic (exact) mass is 307 g/mol. The third kappa shape index (κ3) is 3.34. The van der Waals surface area contributed by atoms with Crippen LogP contribution in [0.5, 0.6) is 0 Å². The van der Waals surface area contributed by atoms with E-state index in [9.17, 15) is 0 Å². The first-order chi connectivity index (χ1) is 9.47. The summed E-state index contributed by atoms with van der Waals surface area (Å²) in [6.07, 6.45) is 0. The fraction of sp³-hybridized carbons (Fsp3) is 0.154. The number of hydrogen-bond acceptors (Lipinski definition) is 3. The summed E-state index contributed by atoms with van der Waals surface area (Å²) in [5, 5.41) is 1.08. The molecule has 0 atom stereocenters. The molecule has 1 aromatic carbocycles. The third-order valence-corrected chi connectivity index (χ3v) is 3.91. The van der Waals surface area contributed by atoms with Crippen LogP contribution in [-0.2, 0) is 0 Å². The molecule has 2 aromatic rings. The lowest BCUT2D eigenvalue weighted by Gasteiger charge is -2.02. The van der Waals surface area contributed by atoms with Gasteiger partial charge in [-0.3, -0.25) is 0 Å². The Morgan fingerprint density at radius 1 is 1.25 bits per heavy atom. The van der Waals surface area contributed by atoms with E-state index in [4.69, 9.17) is 23.1 Å². The number of guanidine groups is 1. The van der Waals surface area contributed by atoms with Crippen LogP contribution in [0.15, 0.2) is 34.3 Å². The quantitative estimate of drug-likeness (QED) is 0.660. The predicted molar refractivity (Wildman–Crippen MR) is 85.0 cm³/mol. The van der Waals surface area contributed by atoms with E-state index in [2.05, 4.69) is 15.0 Å². The zero-order chi connectivity index (χ0) is 14.7. The van der Waals surface area contributed by atoms with Crippen LogP contribution in [0.3, 0.4) is 0 Å². The average molecular weight is 308 g/mol. The van der Waals surface area contributed by atoms with E-state index in [0.717, 1.165) is 10.6 Å². The smallest absolute Gasteiger partial charge is 0.224 e. The molecule has 1 heterocycles. The van der Waals surface area contributed by atoms with E-state index in [1.807, 2.05) is 26.0 Å². The molecule has 4 N–H and O–H groups in total. The van der Waals surface area contributed by atoms with Gasteiger partial charge in [-0.2, -0.15) is 9.98 Å². The molecule has 0 radical (unpaired) electrons. The number of nitrogens with zero attached hydrogens (tertiary/aromatic N) is 3. The maximum Gasteiger partial charge on any atom is 0.224 e. The van der Waals surface area contributed by atoms with Gasteiger partial charge < -0.3 is 11.5 Å². The number of benzene rings is 1. The number of halogens is 1. The first kappa shape index (κ1) is 14.5. The van der Waals surface area contributed by atoms with Crippen molar-refractivity contribution in [1.29, 1.82) is 0 Å². The molecule has 20 heavy (non-hydrogen) atoms. The van der Waals surface area contributed by atoms with Crippen molar-refractivity contribution in [2.75, 3.05) is 0 Å². The highest BCUT2D eigenvalue weighted by Gasteiger charge is 2.06. The van der Waals surface area contributed by atoms with Gasteiger partial charge in [-0.05, 0) is 26.0 Å². The fourth-order valence-corrected chi connectivity index (χ4v) is 2.50. The average Bonchev–Trinajstić information content (AvgIpc) is 2.68. The molecule has 0 saturated heterocycles. The molecule has 2 rings (SSSR count). The molecule has 0 bridgehead atoms. The summed E-state index contributed by atoms with van der Waals surface area (Å²) in [6, 6.07) is 7.15. The van der Waals surface area contributed by atoms with Crippen LogP contribution in [0.1, 0.15) is 16.1 Å². The lowest BCUT2D eigenvalue weighted by atomic mass is 10.2. The molecular formula is C13H14ClN5S. The van der Waals surface area contributed by atoms with Gasteiger partial charge in [0.25, 0.3) is 0 Å². The van der Waals surface area contributed by atoms with Crippen LogP contribution in [0.4, 0.5) is 5.13 Å². The van der Waals surface area contributed by atoms with Crippen LogP contribution in [-0.4, -0.2) is 16.8 Å². The molecule has 7 heteroatoms. The van der Waals surface area contributed by atoms with Crippen molar-refractivity contribution in [3.05, 3.63) is 45.4 Å². The van der Waals surface area contributed by atoms with Gasteiger partial charge in [-0.1, -0.05) is 35.1 Å². The van der Waals surface area contributed by atoms with Gasteiger partial charge in [0.2, 0.25) is 11.1 Å². The molecule has 0 aliphatic rings. The van der Waals surface area contributed by atoms with Gasteiger partial charge in [-0.15, -0.1) is 0 Å². The Bertz CT molecular complexity index is 670. The molecular weight excluding hydrogens is 294 g/mol. The predicted octanol–water partition coefficient (Wildman–Crippen LogP) is 2.77. The largest absolute Gasteiger partial charge is 0.383 e. The van der Waals surface area contributed by atoms with Crippen molar-refractivity contribution < 1.29 is 0 Å². The molecule has 0 saturated carbocycles. The standard InChI is InChI=1S/C13H14ClN5S/c1-7-8(2)20-13(17-7)19-12(16)18-11(15)9-5-3-4-6-10(9)14/h3-6H,1-2H3,(H4,15,16,17,18,19). The topological polar surface area (TPSA) is 89.6 Å². The Morgan fingerprint density at radius 2 is 1.95 bits per heavy atom. The highest BCUT2D eigenvalue weighted by Crippen LogP contribution is 2.23. The zero-order valence-corrected chi connectivity index (χ0v) is 12.7. The van der Waals surface area contributed by atoms with Gasteiger partial charge in [0.1, 0.15) is 5.84 Å². The van der Waals surface area contributed by atoms with Crippen molar-refractivity contribution in [1.82, 2.24) is 4.98 Å². The highest BCUT2D eigenvalue weighted by molar-refractivity contribution is 7.15. The van der Waals surface area contributed by atoms with Gasteiger partial charge >= 0.3 is 0 Å². The molecule has 0 spiro atoms. The molecule has 104 valence electrons. The second kappa shape index (κ2) is 6.02. The van der Waals surface area contributed by atoms with Crippen molar-refractivity contribution in [3.8, 4) is 0 Å². The molecule has 0 aliphatic heterocycles. The minimum absolute atomic E-state index is 0.0520. The molecule has 1 aromatic heterocycles. The minimum atomic E-state index is 0.0520. The van der Waals surface area contributed by atoms with Gasteiger partial charge in [-0.25, -0.2) is 4.98 Å². The van der Waals surface area contributed by atoms with Crippen molar-refractivity contribution in [2.45, 2.75) is 13.8 Å². The summed E-state index contributed by atoms with van der Waals surface area (Å²) >= 11 is 7.49. The van der Waals surface area contributed by atoms with Crippen molar-refractivity contribution in [2.24, 2.45) is 21.5 Å². The third-order valence-electron chi connectivity index (χ3n) is 2.61. The maximum absolute atomic E-state index is 6.04. The van der Waals surface area contributed by atoms with E-state index in [1.54, 1.807) is 12.1 Å².